The Morgan fingerprint density at radius 1 is 1.13 bits per heavy atom. The Morgan fingerprint density at radius 3 is 2.70 bits per heavy atom. The van der Waals surface area contributed by atoms with Crippen LogP contribution in [0.1, 0.15) is 27.3 Å². The third kappa shape index (κ3) is 4.15. The quantitative estimate of drug-likeness (QED) is 0.711. The van der Waals surface area contributed by atoms with Gasteiger partial charge in [0, 0.05) is 25.5 Å². The van der Waals surface area contributed by atoms with Gasteiger partial charge < -0.3 is 15.1 Å². The number of aromatic nitrogens is 2. The van der Waals surface area contributed by atoms with Crippen LogP contribution in [-0.2, 0) is 17.9 Å². The Hall–Kier alpha value is -3.74. The molecule has 0 unspecified atom stereocenters. The molecule has 2 amide bonds. The molecule has 3 aromatic rings. The normalized spacial score (nSPS) is 12.9. The van der Waals surface area contributed by atoms with Crippen LogP contribution in [0.3, 0.4) is 0 Å². The smallest absolute Gasteiger partial charge is 0.256 e. The Kier molecular flexibility index (Phi) is 5.43. The molecular formula is C23H23N5O2. The monoisotopic (exact) mass is 401 g/mol. The molecule has 0 atom stereocenters. The number of aryl methyl sites for hydroxylation is 1. The minimum atomic E-state index is -0.163. The van der Waals surface area contributed by atoms with Gasteiger partial charge in [-0.15, -0.1) is 0 Å². The molecule has 0 spiro atoms. The fourth-order valence-electron chi connectivity index (χ4n) is 3.44. The van der Waals surface area contributed by atoms with E-state index in [1.807, 2.05) is 55.5 Å². The summed E-state index contributed by atoms with van der Waals surface area (Å²) < 4.78 is 0. The maximum atomic E-state index is 13.4. The zero-order chi connectivity index (χ0) is 21.1. The van der Waals surface area contributed by atoms with E-state index >= 15 is 0 Å². The number of carbonyl (C=O) groups is 2. The number of fused-ring (bicyclic) bond motifs is 1. The summed E-state index contributed by atoms with van der Waals surface area (Å²) in [5.74, 6) is 0.367. The number of nitrogens with one attached hydrogen (secondary N) is 1. The highest BCUT2D eigenvalue weighted by Gasteiger charge is 2.25. The molecule has 1 aromatic carbocycles. The minimum absolute atomic E-state index is 0.0704. The Labute approximate surface area is 175 Å². The first-order valence-electron chi connectivity index (χ1n) is 9.77. The number of amides is 2. The van der Waals surface area contributed by atoms with Gasteiger partial charge in [0.1, 0.15) is 5.82 Å². The summed E-state index contributed by atoms with van der Waals surface area (Å²) in [6, 6.07) is 17.3. The summed E-state index contributed by atoms with van der Waals surface area (Å²) in [5.41, 5.74) is 3.78. The third-order valence-corrected chi connectivity index (χ3v) is 5.06. The zero-order valence-electron chi connectivity index (χ0n) is 17.0. The van der Waals surface area contributed by atoms with E-state index < -0.39 is 0 Å². The highest BCUT2D eigenvalue weighted by atomic mass is 16.2. The summed E-state index contributed by atoms with van der Waals surface area (Å²) in [5, 5.41) is 2.99. The molecule has 7 heteroatoms. The van der Waals surface area contributed by atoms with Gasteiger partial charge in [0.2, 0.25) is 5.91 Å². The molecular weight excluding hydrogens is 378 g/mol. The maximum absolute atomic E-state index is 13.4. The fraction of sp³-hybridized carbons (Fsp3) is 0.217. The van der Waals surface area contributed by atoms with Crippen molar-refractivity contribution >= 4 is 23.3 Å². The predicted octanol–water partition coefficient (Wildman–Crippen LogP) is 3.02. The molecule has 0 aliphatic carbocycles. The Morgan fingerprint density at radius 2 is 1.93 bits per heavy atom. The first-order valence-corrected chi connectivity index (χ1v) is 9.77. The number of rotatable bonds is 5. The molecule has 152 valence electrons. The lowest BCUT2D eigenvalue weighted by Crippen LogP contribution is -2.37. The average Bonchev–Trinajstić information content (AvgIpc) is 2.76. The summed E-state index contributed by atoms with van der Waals surface area (Å²) in [4.78, 5) is 37.7. The highest BCUT2D eigenvalue weighted by molar-refractivity contribution is 6.03. The van der Waals surface area contributed by atoms with Gasteiger partial charge in [-0.05, 0) is 30.7 Å². The number of anilines is 2. The van der Waals surface area contributed by atoms with E-state index in [1.54, 1.807) is 24.2 Å². The number of pyridine rings is 2. The number of hydrogen-bond acceptors (Lipinski definition) is 5. The number of likely N-dealkylation sites (N-methyl/N-ethyl adjacent to an activating group) is 1. The van der Waals surface area contributed by atoms with Crippen molar-refractivity contribution in [1.29, 1.82) is 0 Å². The first-order chi connectivity index (χ1) is 14.5. The molecule has 0 bridgehead atoms. The van der Waals surface area contributed by atoms with Crippen molar-refractivity contribution in [3.8, 4) is 0 Å². The number of nitrogens with zero attached hydrogens (tertiary/aromatic N) is 4. The summed E-state index contributed by atoms with van der Waals surface area (Å²) in [6.45, 7) is 2.95. The van der Waals surface area contributed by atoms with Crippen LogP contribution in [0.15, 0.2) is 60.8 Å². The van der Waals surface area contributed by atoms with Crippen LogP contribution in [0.4, 0.5) is 11.5 Å². The molecule has 0 fully saturated rings. The molecule has 2 aromatic heterocycles. The van der Waals surface area contributed by atoms with Crippen LogP contribution in [0.2, 0.25) is 0 Å². The molecule has 1 aliphatic heterocycles. The van der Waals surface area contributed by atoms with Gasteiger partial charge >= 0.3 is 0 Å². The van der Waals surface area contributed by atoms with E-state index in [1.165, 1.54) is 4.90 Å². The summed E-state index contributed by atoms with van der Waals surface area (Å²) >= 11 is 0. The second-order valence-corrected chi connectivity index (χ2v) is 7.32. The third-order valence-electron chi connectivity index (χ3n) is 5.06. The molecule has 0 saturated carbocycles. The molecule has 0 radical (unpaired) electrons. The molecule has 4 rings (SSSR count). The number of carbonyl (C=O) groups excluding carboxylic acids is 2. The van der Waals surface area contributed by atoms with Crippen LogP contribution in [0.5, 0.6) is 0 Å². The second kappa shape index (κ2) is 8.32. The number of benzene rings is 1. The van der Waals surface area contributed by atoms with Crippen LogP contribution in [-0.4, -0.2) is 40.3 Å². The van der Waals surface area contributed by atoms with E-state index in [4.69, 9.17) is 0 Å². The molecule has 1 N–H and O–H groups in total. The molecule has 3 heterocycles. The lowest BCUT2D eigenvalue weighted by atomic mass is 10.1. The minimum Gasteiger partial charge on any atom is -0.359 e. The lowest BCUT2D eigenvalue weighted by molar-refractivity contribution is -0.116. The van der Waals surface area contributed by atoms with Crippen molar-refractivity contribution in [1.82, 2.24) is 14.9 Å². The molecule has 1 aliphatic rings. The van der Waals surface area contributed by atoms with E-state index in [0.29, 0.717) is 30.2 Å². The molecule has 7 nitrogen and oxygen atoms in total. The van der Waals surface area contributed by atoms with Gasteiger partial charge in [0.15, 0.2) is 0 Å². The topological polar surface area (TPSA) is 78.4 Å². The average molecular weight is 401 g/mol. The SMILES string of the molecule is Cc1cccc(CN(Cc2ccccc2)C(=O)c2cnc3c(c2)N(C)C(=O)CN3)n1. The molecule has 30 heavy (non-hydrogen) atoms. The Bertz CT molecular complexity index is 1080. The van der Waals surface area contributed by atoms with Crippen LogP contribution in [0, 0.1) is 6.92 Å². The summed E-state index contributed by atoms with van der Waals surface area (Å²) in [6.07, 6.45) is 1.56. The fourth-order valence-corrected chi connectivity index (χ4v) is 3.44. The zero-order valence-corrected chi connectivity index (χ0v) is 17.0. The number of hydrogen-bond donors (Lipinski definition) is 1. The van der Waals surface area contributed by atoms with Crippen molar-refractivity contribution in [2.45, 2.75) is 20.0 Å². The van der Waals surface area contributed by atoms with Gasteiger partial charge in [0.05, 0.1) is 30.0 Å². The van der Waals surface area contributed by atoms with Crippen LogP contribution in [0.25, 0.3) is 0 Å². The second-order valence-electron chi connectivity index (χ2n) is 7.32. The highest BCUT2D eigenvalue weighted by Crippen LogP contribution is 2.28. The summed E-state index contributed by atoms with van der Waals surface area (Å²) in [7, 11) is 1.69. The van der Waals surface area contributed by atoms with Crippen molar-refractivity contribution < 1.29 is 9.59 Å². The van der Waals surface area contributed by atoms with Gasteiger partial charge in [-0.3, -0.25) is 14.6 Å². The molecule has 0 saturated heterocycles. The van der Waals surface area contributed by atoms with Crippen molar-refractivity contribution in [3.63, 3.8) is 0 Å². The van der Waals surface area contributed by atoms with E-state index in [2.05, 4.69) is 15.3 Å². The predicted molar refractivity (Wildman–Crippen MR) is 115 cm³/mol. The van der Waals surface area contributed by atoms with Crippen LogP contribution >= 0.6 is 0 Å². The van der Waals surface area contributed by atoms with E-state index in [9.17, 15) is 9.59 Å². The Balaban J connectivity index is 1.66. The van der Waals surface area contributed by atoms with E-state index in [0.717, 1.165) is 17.0 Å². The maximum Gasteiger partial charge on any atom is 0.256 e. The van der Waals surface area contributed by atoms with Crippen molar-refractivity contribution in [2.24, 2.45) is 0 Å². The largest absolute Gasteiger partial charge is 0.359 e. The van der Waals surface area contributed by atoms with E-state index in [-0.39, 0.29) is 18.4 Å². The van der Waals surface area contributed by atoms with Crippen molar-refractivity contribution in [3.05, 3.63) is 83.3 Å². The van der Waals surface area contributed by atoms with Crippen molar-refractivity contribution in [2.75, 3.05) is 23.8 Å². The van der Waals surface area contributed by atoms with Crippen LogP contribution < -0.4 is 10.2 Å². The van der Waals surface area contributed by atoms with Gasteiger partial charge in [-0.2, -0.15) is 0 Å². The van der Waals surface area contributed by atoms with Gasteiger partial charge in [-0.1, -0.05) is 36.4 Å². The lowest BCUT2D eigenvalue weighted by Gasteiger charge is -2.27. The standard InChI is InChI=1S/C23H23N5O2/c1-16-7-6-10-19(26-16)15-28(14-17-8-4-3-5-9-17)23(30)18-11-20-22(24-12-18)25-13-21(29)27(20)2/h3-12H,13-15H2,1-2H3,(H,24,25). The van der Waals surface area contributed by atoms with Gasteiger partial charge in [-0.25, -0.2) is 4.98 Å². The first kappa shape index (κ1) is 19.6. The van der Waals surface area contributed by atoms with Gasteiger partial charge in [0.25, 0.3) is 5.91 Å².